The summed E-state index contributed by atoms with van der Waals surface area (Å²) < 4.78 is 5.20. The van der Waals surface area contributed by atoms with Crippen LogP contribution in [0.1, 0.15) is 26.2 Å². The van der Waals surface area contributed by atoms with Gasteiger partial charge in [-0.15, -0.1) is 0 Å². The van der Waals surface area contributed by atoms with Crippen LogP contribution in [0.2, 0.25) is 0 Å². The summed E-state index contributed by atoms with van der Waals surface area (Å²) in [5.41, 5.74) is 0. The number of hydrogen-bond acceptors (Lipinski definition) is 3. The van der Waals surface area contributed by atoms with E-state index in [0.717, 1.165) is 12.3 Å². The Hall–Kier alpha value is -0.120. The quantitative estimate of drug-likeness (QED) is 0.671. The van der Waals surface area contributed by atoms with E-state index >= 15 is 0 Å². The third-order valence-electron chi connectivity index (χ3n) is 3.11. The van der Waals surface area contributed by atoms with Crippen LogP contribution in [0, 0.1) is 5.92 Å². The van der Waals surface area contributed by atoms with Crippen molar-refractivity contribution in [1.82, 2.24) is 5.32 Å². The third-order valence-corrected chi connectivity index (χ3v) is 3.11. The molecule has 0 aromatic rings. The van der Waals surface area contributed by atoms with Gasteiger partial charge in [0.25, 0.3) is 0 Å². The van der Waals surface area contributed by atoms with Gasteiger partial charge in [0.15, 0.2) is 0 Å². The van der Waals surface area contributed by atoms with Gasteiger partial charge in [-0.3, -0.25) is 0 Å². The lowest BCUT2D eigenvalue weighted by Gasteiger charge is -2.22. The second kappa shape index (κ2) is 3.95. The number of nitrogens with one attached hydrogen (secondary N) is 1. The number of aliphatic hydroxyl groups excluding tert-OH is 1. The molecule has 1 aliphatic carbocycles. The van der Waals surface area contributed by atoms with Crippen LogP contribution >= 0.6 is 0 Å². The fourth-order valence-electron chi connectivity index (χ4n) is 2.06. The molecule has 0 bridgehead atoms. The van der Waals surface area contributed by atoms with E-state index in [1.54, 1.807) is 0 Å². The first kappa shape index (κ1) is 9.44. The van der Waals surface area contributed by atoms with E-state index in [-0.39, 0.29) is 12.1 Å². The highest BCUT2D eigenvalue weighted by molar-refractivity contribution is 4.90. The van der Waals surface area contributed by atoms with Gasteiger partial charge in [0, 0.05) is 6.04 Å². The molecule has 1 aliphatic heterocycles. The van der Waals surface area contributed by atoms with Gasteiger partial charge in [0.1, 0.15) is 0 Å². The Bertz CT molecular complexity index is 170. The molecule has 2 N–H and O–H groups in total. The molecule has 1 heterocycles. The highest BCUT2D eigenvalue weighted by Crippen LogP contribution is 2.34. The van der Waals surface area contributed by atoms with Crippen LogP contribution in [-0.4, -0.2) is 36.5 Å². The normalized spacial score (nSPS) is 36.5. The van der Waals surface area contributed by atoms with Crippen molar-refractivity contribution >= 4 is 0 Å². The molecular weight excluding hydrogens is 166 g/mol. The Balaban J connectivity index is 1.80. The summed E-state index contributed by atoms with van der Waals surface area (Å²) >= 11 is 0. The van der Waals surface area contributed by atoms with Gasteiger partial charge in [0.05, 0.1) is 25.4 Å². The first-order valence-corrected chi connectivity index (χ1v) is 5.33. The van der Waals surface area contributed by atoms with Gasteiger partial charge >= 0.3 is 0 Å². The molecule has 2 rings (SSSR count). The molecule has 76 valence electrons. The molecule has 0 spiro atoms. The Kier molecular flexibility index (Phi) is 2.86. The van der Waals surface area contributed by atoms with Crippen molar-refractivity contribution in [3.05, 3.63) is 0 Å². The maximum Gasteiger partial charge on any atom is 0.0948 e. The Morgan fingerprint density at radius 3 is 2.69 bits per heavy atom. The minimum atomic E-state index is -0.298. The van der Waals surface area contributed by atoms with Crippen LogP contribution < -0.4 is 5.32 Å². The summed E-state index contributed by atoms with van der Waals surface area (Å²) in [5.74, 6) is 0.859. The molecule has 3 atom stereocenters. The maximum atomic E-state index is 9.55. The molecule has 0 amide bonds. The van der Waals surface area contributed by atoms with E-state index in [9.17, 15) is 5.11 Å². The zero-order chi connectivity index (χ0) is 9.26. The molecule has 2 aliphatic rings. The van der Waals surface area contributed by atoms with Crippen molar-refractivity contribution in [1.29, 1.82) is 0 Å². The fourth-order valence-corrected chi connectivity index (χ4v) is 2.06. The van der Waals surface area contributed by atoms with E-state index in [1.165, 1.54) is 12.8 Å². The highest BCUT2D eigenvalue weighted by atomic mass is 16.5. The first-order chi connectivity index (χ1) is 6.31. The van der Waals surface area contributed by atoms with E-state index in [2.05, 4.69) is 12.2 Å². The Morgan fingerprint density at radius 2 is 2.23 bits per heavy atom. The number of hydrogen-bond donors (Lipinski definition) is 2. The van der Waals surface area contributed by atoms with Crippen LogP contribution in [0.25, 0.3) is 0 Å². The molecule has 13 heavy (non-hydrogen) atoms. The average molecular weight is 185 g/mol. The summed E-state index contributed by atoms with van der Waals surface area (Å²) in [5, 5.41) is 13.1. The number of ether oxygens (including phenoxy) is 1. The van der Waals surface area contributed by atoms with Crippen molar-refractivity contribution in [3.8, 4) is 0 Å². The predicted molar refractivity (Wildman–Crippen MR) is 50.6 cm³/mol. The number of rotatable bonds is 4. The molecular formula is C10H19NO2. The molecule has 3 heteroatoms. The molecule has 3 unspecified atom stereocenters. The predicted octanol–water partition coefficient (Wildman–Crippen LogP) is 0.524. The van der Waals surface area contributed by atoms with Crippen LogP contribution in [0.5, 0.6) is 0 Å². The van der Waals surface area contributed by atoms with Gasteiger partial charge in [-0.25, -0.2) is 0 Å². The molecule has 3 nitrogen and oxygen atoms in total. The van der Waals surface area contributed by atoms with Crippen molar-refractivity contribution < 1.29 is 9.84 Å². The van der Waals surface area contributed by atoms with Crippen molar-refractivity contribution in [2.45, 2.75) is 44.4 Å². The van der Waals surface area contributed by atoms with Gasteiger partial charge < -0.3 is 15.2 Å². The smallest absolute Gasteiger partial charge is 0.0948 e. The maximum absolute atomic E-state index is 9.55. The number of aliphatic hydroxyl groups is 1. The summed E-state index contributed by atoms with van der Waals surface area (Å²) in [4.78, 5) is 0. The summed E-state index contributed by atoms with van der Waals surface area (Å²) in [6.07, 6.45) is 3.57. The average Bonchev–Trinajstić information content (AvgIpc) is 2.88. The SMILES string of the molecule is CCC(NC1COCC1O)C1CC1. The minimum Gasteiger partial charge on any atom is -0.389 e. The lowest BCUT2D eigenvalue weighted by atomic mass is 10.1. The Morgan fingerprint density at radius 1 is 1.46 bits per heavy atom. The second-order valence-corrected chi connectivity index (χ2v) is 4.23. The van der Waals surface area contributed by atoms with E-state index < -0.39 is 0 Å². The standard InChI is InChI=1S/C10H19NO2/c1-2-8(7-3-4-7)11-9-5-13-6-10(9)12/h7-12H,2-6H2,1H3. The van der Waals surface area contributed by atoms with E-state index in [4.69, 9.17) is 4.74 Å². The minimum absolute atomic E-state index is 0.172. The zero-order valence-corrected chi connectivity index (χ0v) is 8.20. The largest absolute Gasteiger partial charge is 0.389 e. The lowest BCUT2D eigenvalue weighted by Crippen LogP contribution is -2.45. The molecule has 0 aromatic heterocycles. The summed E-state index contributed by atoms with van der Waals surface area (Å²) in [6.45, 7) is 3.38. The van der Waals surface area contributed by atoms with Crippen molar-refractivity contribution in [3.63, 3.8) is 0 Å². The van der Waals surface area contributed by atoms with Crippen molar-refractivity contribution in [2.75, 3.05) is 13.2 Å². The molecule has 2 fully saturated rings. The molecule has 1 saturated carbocycles. The third kappa shape index (κ3) is 2.22. The van der Waals surface area contributed by atoms with Gasteiger partial charge in [-0.05, 0) is 25.2 Å². The zero-order valence-electron chi connectivity index (χ0n) is 8.20. The fraction of sp³-hybridized carbons (Fsp3) is 1.00. The second-order valence-electron chi connectivity index (χ2n) is 4.23. The molecule has 0 aromatic carbocycles. The van der Waals surface area contributed by atoms with Gasteiger partial charge in [-0.1, -0.05) is 6.92 Å². The van der Waals surface area contributed by atoms with Gasteiger partial charge in [-0.2, -0.15) is 0 Å². The van der Waals surface area contributed by atoms with Crippen LogP contribution in [0.15, 0.2) is 0 Å². The first-order valence-electron chi connectivity index (χ1n) is 5.33. The molecule has 0 radical (unpaired) electrons. The van der Waals surface area contributed by atoms with Crippen LogP contribution in [0.3, 0.4) is 0 Å². The van der Waals surface area contributed by atoms with Gasteiger partial charge in [0.2, 0.25) is 0 Å². The van der Waals surface area contributed by atoms with E-state index in [1.807, 2.05) is 0 Å². The highest BCUT2D eigenvalue weighted by Gasteiger charge is 2.34. The van der Waals surface area contributed by atoms with Crippen molar-refractivity contribution in [2.24, 2.45) is 5.92 Å². The topological polar surface area (TPSA) is 41.5 Å². The monoisotopic (exact) mass is 185 g/mol. The van der Waals surface area contributed by atoms with E-state index in [0.29, 0.717) is 19.3 Å². The summed E-state index contributed by atoms with van der Waals surface area (Å²) in [7, 11) is 0. The Labute approximate surface area is 79.5 Å². The van der Waals surface area contributed by atoms with Crippen LogP contribution in [-0.2, 0) is 4.74 Å². The lowest BCUT2D eigenvalue weighted by molar-refractivity contribution is 0.120. The van der Waals surface area contributed by atoms with Crippen LogP contribution in [0.4, 0.5) is 0 Å². The molecule has 1 saturated heterocycles. The summed E-state index contributed by atoms with van der Waals surface area (Å²) in [6, 6.07) is 0.770.